The summed E-state index contributed by atoms with van der Waals surface area (Å²) in [7, 11) is 2.37. The van der Waals surface area contributed by atoms with Gasteiger partial charge >= 0.3 is 0 Å². The fraction of sp³-hybridized carbons (Fsp3) is 0.714. The Morgan fingerprint density at radius 3 is 2.65 bits per heavy atom. The second-order valence-corrected chi connectivity index (χ2v) is 8.49. The fourth-order valence-electron chi connectivity index (χ4n) is 5.59. The number of hydrogen-bond acceptors (Lipinski definition) is 1. The van der Waals surface area contributed by atoms with E-state index >= 15 is 0 Å². The molecule has 5 atom stereocenters. The molecule has 1 unspecified atom stereocenters. The first-order valence-electron chi connectivity index (χ1n) is 9.85. The SMILES string of the molecule is C[C@@H]1CCCN1CCc1ccc([C@@H]2CC[C@@H]3C[NH+](C)C[C@@H]32)cc1. The zero-order chi connectivity index (χ0) is 15.8. The van der Waals surface area contributed by atoms with Crippen molar-refractivity contribution in [3.63, 3.8) is 0 Å². The van der Waals surface area contributed by atoms with Crippen LogP contribution < -0.4 is 4.90 Å². The summed E-state index contributed by atoms with van der Waals surface area (Å²) >= 11 is 0. The van der Waals surface area contributed by atoms with Gasteiger partial charge < -0.3 is 9.80 Å². The van der Waals surface area contributed by atoms with Gasteiger partial charge in [0.25, 0.3) is 0 Å². The fourth-order valence-corrected chi connectivity index (χ4v) is 5.59. The first kappa shape index (κ1) is 15.7. The van der Waals surface area contributed by atoms with Gasteiger partial charge in [-0.25, -0.2) is 0 Å². The van der Waals surface area contributed by atoms with Gasteiger partial charge in [-0.3, -0.25) is 0 Å². The second kappa shape index (κ2) is 6.57. The van der Waals surface area contributed by atoms with Crippen molar-refractivity contribution in [2.75, 3.05) is 33.2 Å². The molecular weight excluding hydrogens is 280 g/mol. The predicted molar refractivity (Wildman–Crippen MR) is 96.0 cm³/mol. The molecule has 0 spiro atoms. The maximum absolute atomic E-state index is 2.66. The Morgan fingerprint density at radius 1 is 1.09 bits per heavy atom. The number of benzene rings is 1. The lowest BCUT2D eigenvalue weighted by molar-refractivity contribution is -0.869. The normalized spacial score (nSPS) is 37.4. The Bertz CT molecular complexity index is 523. The van der Waals surface area contributed by atoms with Crippen molar-refractivity contribution >= 4 is 0 Å². The molecule has 0 aromatic heterocycles. The molecule has 0 amide bonds. The van der Waals surface area contributed by atoms with E-state index in [0.717, 1.165) is 23.8 Å². The van der Waals surface area contributed by atoms with Crippen LogP contribution in [-0.2, 0) is 6.42 Å². The second-order valence-electron chi connectivity index (χ2n) is 8.49. The van der Waals surface area contributed by atoms with E-state index in [1.54, 1.807) is 10.5 Å². The first-order valence-corrected chi connectivity index (χ1v) is 9.85. The third-order valence-corrected chi connectivity index (χ3v) is 6.95. The van der Waals surface area contributed by atoms with E-state index in [1.165, 1.54) is 63.8 Å². The minimum absolute atomic E-state index is 0.798. The molecule has 0 bridgehead atoms. The molecule has 2 saturated heterocycles. The molecule has 1 saturated carbocycles. The number of hydrogen-bond donors (Lipinski definition) is 1. The van der Waals surface area contributed by atoms with E-state index in [2.05, 4.69) is 43.1 Å². The van der Waals surface area contributed by atoms with Gasteiger partial charge in [0.15, 0.2) is 0 Å². The minimum atomic E-state index is 0.798. The molecule has 23 heavy (non-hydrogen) atoms. The van der Waals surface area contributed by atoms with Crippen LogP contribution in [0.3, 0.4) is 0 Å². The Kier molecular flexibility index (Phi) is 4.47. The Hall–Kier alpha value is -0.860. The van der Waals surface area contributed by atoms with Crippen molar-refractivity contribution in [2.45, 2.75) is 51.0 Å². The summed E-state index contributed by atoms with van der Waals surface area (Å²) in [5.41, 5.74) is 3.14. The van der Waals surface area contributed by atoms with Crippen LogP contribution in [0.15, 0.2) is 24.3 Å². The van der Waals surface area contributed by atoms with Crippen LogP contribution in [0.5, 0.6) is 0 Å². The van der Waals surface area contributed by atoms with Crippen LogP contribution in [0.25, 0.3) is 0 Å². The van der Waals surface area contributed by atoms with Gasteiger partial charge in [0, 0.05) is 24.4 Å². The van der Waals surface area contributed by atoms with Crippen LogP contribution >= 0.6 is 0 Å². The Morgan fingerprint density at radius 2 is 1.91 bits per heavy atom. The van der Waals surface area contributed by atoms with Crippen molar-refractivity contribution in [1.82, 2.24) is 4.90 Å². The lowest BCUT2D eigenvalue weighted by Crippen LogP contribution is -3.07. The van der Waals surface area contributed by atoms with Crippen LogP contribution in [0.2, 0.25) is 0 Å². The van der Waals surface area contributed by atoms with E-state index in [0.29, 0.717) is 0 Å². The average molecular weight is 314 g/mol. The largest absolute Gasteiger partial charge is 0.337 e. The van der Waals surface area contributed by atoms with Gasteiger partial charge in [0.2, 0.25) is 0 Å². The standard InChI is InChI=1S/C21H32N2/c1-16-4-3-12-23(16)13-11-17-5-7-18(8-6-17)20-10-9-19-14-22(2)15-21(19)20/h5-8,16,19-21H,3-4,9-15H2,1-2H3/p+1/t16-,19-,20+,21+/m1/s1. The zero-order valence-electron chi connectivity index (χ0n) is 14.9. The Labute approximate surface area is 141 Å². The lowest BCUT2D eigenvalue weighted by Gasteiger charge is -2.21. The van der Waals surface area contributed by atoms with Crippen LogP contribution in [0.4, 0.5) is 0 Å². The smallest absolute Gasteiger partial charge is 0.0808 e. The number of rotatable bonds is 4. The molecule has 0 radical (unpaired) electrons. The summed E-state index contributed by atoms with van der Waals surface area (Å²) in [5, 5.41) is 0. The van der Waals surface area contributed by atoms with Crippen molar-refractivity contribution in [1.29, 1.82) is 0 Å². The Balaban J connectivity index is 1.36. The van der Waals surface area contributed by atoms with Crippen molar-refractivity contribution < 1.29 is 4.90 Å². The molecule has 4 rings (SSSR count). The molecule has 2 aliphatic heterocycles. The number of nitrogens with one attached hydrogen (secondary N) is 1. The van der Waals surface area contributed by atoms with Crippen molar-refractivity contribution in [3.05, 3.63) is 35.4 Å². The highest BCUT2D eigenvalue weighted by atomic mass is 15.2. The number of nitrogens with zero attached hydrogens (tertiary/aromatic N) is 1. The van der Waals surface area contributed by atoms with Gasteiger partial charge in [0.05, 0.1) is 20.1 Å². The number of likely N-dealkylation sites (tertiary alicyclic amines) is 2. The third-order valence-electron chi connectivity index (χ3n) is 6.95. The summed E-state index contributed by atoms with van der Waals surface area (Å²) in [4.78, 5) is 4.41. The molecule has 1 aliphatic carbocycles. The highest BCUT2D eigenvalue weighted by Crippen LogP contribution is 2.44. The molecule has 2 heteroatoms. The highest BCUT2D eigenvalue weighted by molar-refractivity contribution is 5.27. The van der Waals surface area contributed by atoms with Gasteiger partial charge in [-0.15, -0.1) is 0 Å². The predicted octanol–water partition coefficient (Wildman–Crippen LogP) is 2.35. The van der Waals surface area contributed by atoms with E-state index in [-0.39, 0.29) is 0 Å². The van der Waals surface area contributed by atoms with Gasteiger partial charge in [0.1, 0.15) is 0 Å². The summed E-state index contributed by atoms with van der Waals surface area (Å²) in [6.07, 6.45) is 6.88. The molecule has 1 aromatic rings. The van der Waals surface area contributed by atoms with Crippen LogP contribution in [-0.4, -0.2) is 44.2 Å². The van der Waals surface area contributed by atoms with E-state index in [1.807, 2.05) is 0 Å². The zero-order valence-corrected chi connectivity index (χ0v) is 14.9. The highest BCUT2D eigenvalue weighted by Gasteiger charge is 2.44. The maximum Gasteiger partial charge on any atom is 0.0808 e. The molecule has 126 valence electrons. The molecule has 1 aromatic carbocycles. The third kappa shape index (κ3) is 3.21. The van der Waals surface area contributed by atoms with Gasteiger partial charge in [-0.1, -0.05) is 24.3 Å². The van der Waals surface area contributed by atoms with E-state index < -0.39 is 0 Å². The van der Waals surface area contributed by atoms with Crippen LogP contribution in [0, 0.1) is 11.8 Å². The van der Waals surface area contributed by atoms with Gasteiger partial charge in [-0.05, 0) is 62.6 Å². The molecule has 3 aliphatic rings. The molecular formula is C21H33N2+. The molecule has 3 fully saturated rings. The molecule has 2 nitrogen and oxygen atoms in total. The van der Waals surface area contributed by atoms with Crippen molar-refractivity contribution in [2.24, 2.45) is 11.8 Å². The van der Waals surface area contributed by atoms with E-state index in [9.17, 15) is 0 Å². The first-order chi connectivity index (χ1) is 11.2. The summed E-state index contributed by atoms with van der Waals surface area (Å²) in [6.45, 7) is 7.73. The van der Waals surface area contributed by atoms with E-state index in [4.69, 9.17) is 0 Å². The maximum atomic E-state index is 2.66. The summed E-state index contributed by atoms with van der Waals surface area (Å²) in [6, 6.07) is 10.5. The number of quaternary nitrogens is 1. The lowest BCUT2D eigenvalue weighted by atomic mass is 9.86. The molecule has 1 N–H and O–H groups in total. The van der Waals surface area contributed by atoms with Crippen LogP contribution in [0.1, 0.15) is 49.7 Å². The number of fused-ring (bicyclic) bond motifs is 1. The van der Waals surface area contributed by atoms with Gasteiger partial charge in [-0.2, -0.15) is 0 Å². The van der Waals surface area contributed by atoms with Crippen molar-refractivity contribution in [3.8, 4) is 0 Å². The molecule has 2 heterocycles. The summed E-state index contributed by atoms with van der Waals surface area (Å²) < 4.78 is 0. The summed E-state index contributed by atoms with van der Waals surface area (Å²) in [5.74, 6) is 2.78. The topological polar surface area (TPSA) is 7.68 Å². The average Bonchev–Trinajstić information content (AvgIpc) is 3.22. The monoisotopic (exact) mass is 313 g/mol. The minimum Gasteiger partial charge on any atom is -0.337 e. The quantitative estimate of drug-likeness (QED) is 0.896.